The monoisotopic (exact) mass is 315 g/mol. The second-order valence-corrected chi connectivity index (χ2v) is 6.29. The van der Waals surface area contributed by atoms with Gasteiger partial charge in [-0.25, -0.2) is 4.98 Å². The molecule has 0 spiro atoms. The zero-order valence-electron chi connectivity index (χ0n) is 12.1. The lowest BCUT2D eigenvalue weighted by atomic mass is 10.2. The van der Waals surface area contributed by atoms with Crippen LogP contribution in [0.5, 0.6) is 0 Å². The van der Waals surface area contributed by atoms with Crippen molar-refractivity contribution in [2.45, 2.75) is 38.6 Å². The molecule has 1 fully saturated rings. The van der Waals surface area contributed by atoms with E-state index in [0.717, 1.165) is 49.7 Å². The van der Waals surface area contributed by atoms with Crippen LogP contribution in [0.2, 0.25) is 0 Å². The predicted molar refractivity (Wildman–Crippen MR) is 83.1 cm³/mol. The van der Waals surface area contributed by atoms with Gasteiger partial charge in [0.2, 0.25) is 5.91 Å². The number of hydrogen-bond donors (Lipinski definition) is 0. The molecular weight excluding hydrogens is 294 g/mol. The molecule has 4 nitrogen and oxygen atoms in total. The van der Waals surface area contributed by atoms with E-state index in [1.807, 2.05) is 10.3 Å². The molecule has 1 aromatic heterocycles. The first-order valence-electron chi connectivity index (χ1n) is 7.15. The van der Waals surface area contributed by atoms with E-state index in [1.165, 1.54) is 0 Å². The SMILES string of the molecule is CCC(c1nc(CCl)cs1)N1CCCN(C(C)=O)CC1. The van der Waals surface area contributed by atoms with Crippen molar-refractivity contribution in [2.75, 3.05) is 26.2 Å². The highest BCUT2D eigenvalue weighted by atomic mass is 35.5. The van der Waals surface area contributed by atoms with Gasteiger partial charge in [-0.2, -0.15) is 0 Å². The molecule has 0 aromatic carbocycles. The molecule has 1 aromatic rings. The Morgan fingerprint density at radius 2 is 2.25 bits per heavy atom. The van der Waals surface area contributed by atoms with Crippen molar-refractivity contribution in [3.63, 3.8) is 0 Å². The molecule has 1 aliphatic rings. The van der Waals surface area contributed by atoms with Crippen LogP contribution in [-0.2, 0) is 10.7 Å². The van der Waals surface area contributed by atoms with E-state index in [-0.39, 0.29) is 5.91 Å². The van der Waals surface area contributed by atoms with Gasteiger partial charge < -0.3 is 4.90 Å². The van der Waals surface area contributed by atoms with Crippen LogP contribution in [0.25, 0.3) is 0 Å². The van der Waals surface area contributed by atoms with Crippen molar-refractivity contribution in [1.29, 1.82) is 0 Å². The summed E-state index contributed by atoms with van der Waals surface area (Å²) in [6.45, 7) is 7.49. The standard InChI is InChI=1S/C14H22ClN3OS/c1-3-13(14-16-12(9-15)10-20-14)18-6-4-5-17(7-8-18)11(2)19/h10,13H,3-9H2,1-2H3. The number of rotatable bonds is 4. The van der Waals surface area contributed by atoms with Crippen molar-refractivity contribution < 1.29 is 4.79 Å². The summed E-state index contributed by atoms with van der Waals surface area (Å²) in [5.41, 5.74) is 0.963. The fourth-order valence-electron chi connectivity index (χ4n) is 2.69. The van der Waals surface area contributed by atoms with E-state index in [9.17, 15) is 4.79 Å². The molecule has 1 unspecified atom stereocenters. The van der Waals surface area contributed by atoms with Crippen molar-refractivity contribution >= 4 is 28.8 Å². The number of alkyl halides is 1. The van der Waals surface area contributed by atoms with Gasteiger partial charge in [-0.05, 0) is 12.8 Å². The van der Waals surface area contributed by atoms with Crippen LogP contribution >= 0.6 is 22.9 Å². The van der Waals surface area contributed by atoms with Crippen molar-refractivity contribution in [3.8, 4) is 0 Å². The van der Waals surface area contributed by atoms with Crippen LogP contribution in [0, 0.1) is 0 Å². The normalized spacial score (nSPS) is 18.9. The molecule has 112 valence electrons. The molecule has 1 amide bonds. The first-order chi connectivity index (χ1) is 9.65. The fraction of sp³-hybridized carbons (Fsp3) is 0.714. The van der Waals surface area contributed by atoms with Gasteiger partial charge in [0.25, 0.3) is 0 Å². The van der Waals surface area contributed by atoms with Gasteiger partial charge in [0.15, 0.2) is 0 Å². The third-order valence-electron chi connectivity index (χ3n) is 3.79. The van der Waals surface area contributed by atoms with Crippen LogP contribution in [0.1, 0.15) is 43.4 Å². The maximum absolute atomic E-state index is 11.5. The Morgan fingerprint density at radius 1 is 1.45 bits per heavy atom. The summed E-state index contributed by atoms with van der Waals surface area (Å²) in [6.07, 6.45) is 2.07. The third kappa shape index (κ3) is 3.71. The summed E-state index contributed by atoms with van der Waals surface area (Å²) in [4.78, 5) is 20.5. The van der Waals surface area contributed by atoms with E-state index in [4.69, 9.17) is 11.6 Å². The Hall–Kier alpha value is -0.650. The molecule has 0 radical (unpaired) electrons. The van der Waals surface area contributed by atoms with E-state index in [1.54, 1.807) is 18.3 Å². The van der Waals surface area contributed by atoms with Crippen LogP contribution in [0.4, 0.5) is 0 Å². The average molecular weight is 316 g/mol. The number of amides is 1. The van der Waals surface area contributed by atoms with Crippen LogP contribution in [0.15, 0.2) is 5.38 Å². The van der Waals surface area contributed by atoms with E-state index in [0.29, 0.717) is 11.9 Å². The highest BCUT2D eigenvalue weighted by molar-refractivity contribution is 7.09. The topological polar surface area (TPSA) is 36.4 Å². The van der Waals surface area contributed by atoms with Crippen molar-refractivity contribution in [3.05, 3.63) is 16.1 Å². The maximum Gasteiger partial charge on any atom is 0.219 e. The lowest BCUT2D eigenvalue weighted by molar-refractivity contribution is -0.128. The van der Waals surface area contributed by atoms with Gasteiger partial charge in [0.1, 0.15) is 5.01 Å². The van der Waals surface area contributed by atoms with Crippen molar-refractivity contribution in [2.24, 2.45) is 0 Å². The van der Waals surface area contributed by atoms with Gasteiger partial charge in [-0.1, -0.05) is 6.92 Å². The summed E-state index contributed by atoms with van der Waals surface area (Å²) >= 11 is 7.54. The first kappa shape index (κ1) is 15.7. The molecule has 1 aliphatic heterocycles. The lowest BCUT2D eigenvalue weighted by Gasteiger charge is -2.28. The zero-order chi connectivity index (χ0) is 14.5. The number of aromatic nitrogens is 1. The molecule has 1 saturated heterocycles. The molecule has 0 N–H and O–H groups in total. The second kappa shape index (κ2) is 7.38. The van der Waals surface area contributed by atoms with Gasteiger partial charge >= 0.3 is 0 Å². The summed E-state index contributed by atoms with van der Waals surface area (Å²) in [6, 6.07) is 0.351. The number of halogens is 1. The first-order valence-corrected chi connectivity index (χ1v) is 8.57. The summed E-state index contributed by atoms with van der Waals surface area (Å²) in [5.74, 6) is 0.656. The van der Waals surface area contributed by atoms with Gasteiger partial charge in [0.05, 0.1) is 17.6 Å². The van der Waals surface area contributed by atoms with Gasteiger partial charge in [-0.3, -0.25) is 9.69 Å². The Balaban J connectivity index is 2.05. The second-order valence-electron chi connectivity index (χ2n) is 5.13. The smallest absolute Gasteiger partial charge is 0.219 e. The Labute approximate surface area is 129 Å². The number of carbonyl (C=O) groups is 1. The molecule has 1 atom stereocenters. The Kier molecular flexibility index (Phi) is 5.81. The quantitative estimate of drug-likeness (QED) is 0.802. The average Bonchev–Trinajstić information content (AvgIpc) is 2.77. The molecule has 0 aliphatic carbocycles. The molecule has 2 heterocycles. The predicted octanol–water partition coefficient (Wildman–Crippen LogP) is 2.89. The largest absolute Gasteiger partial charge is 0.342 e. The van der Waals surface area contributed by atoms with Crippen molar-refractivity contribution in [1.82, 2.24) is 14.8 Å². The molecular formula is C14H22ClN3OS. The fourth-order valence-corrected chi connectivity index (χ4v) is 3.95. The van der Waals surface area contributed by atoms with Crippen LogP contribution in [-0.4, -0.2) is 46.9 Å². The minimum Gasteiger partial charge on any atom is -0.342 e. The van der Waals surface area contributed by atoms with Gasteiger partial charge in [0, 0.05) is 38.5 Å². The minimum absolute atomic E-state index is 0.179. The number of hydrogen-bond acceptors (Lipinski definition) is 4. The van der Waals surface area contributed by atoms with E-state index < -0.39 is 0 Å². The Morgan fingerprint density at radius 3 is 2.85 bits per heavy atom. The lowest BCUT2D eigenvalue weighted by Crippen LogP contribution is -2.35. The van der Waals surface area contributed by atoms with Crippen LogP contribution in [0.3, 0.4) is 0 Å². The highest BCUT2D eigenvalue weighted by Gasteiger charge is 2.25. The maximum atomic E-state index is 11.5. The molecule has 20 heavy (non-hydrogen) atoms. The molecule has 0 bridgehead atoms. The zero-order valence-corrected chi connectivity index (χ0v) is 13.7. The summed E-state index contributed by atoms with van der Waals surface area (Å²) < 4.78 is 0. The number of thiazole rings is 1. The summed E-state index contributed by atoms with van der Waals surface area (Å²) in [7, 11) is 0. The van der Waals surface area contributed by atoms with Crippen LogP contribution < -0.4 is 0 Å². The third-order valence-corrected chi connectivity index (χ3v) is 5.06. The Bertz CT molecular complexity index is 451. The molecule has 2 rings (SSSR count). The summed E-state index contributed by atoms with van der Waals surface area (Å²) in [5, 5.41) is 3.20. The molecule has 6 heteroatoms. The number of carbonyl (C=O) groups excluding carboxylic acids is 1. The van der Waals surface area contributed by atoms with Gasteiger partial charge in [-0.15, -0.1) is 22.9 Å². The van der Waals surface area contributed by atoms with E-state index in [2.05, 4.69) is 16.8 Å². The minimum atomic E-state index is 0.179. The highest BCUT2D eigenvalue weighted by Crippen LogP contribution is 2.28. The number of nitrogens with zero attached hydrogens (tertiary/aromatic N) is 3. The molecule has 0 saturated carbocycles. The van der Waals surface area contributed by atoms with E-state index >= 15 is 0 Å².